The second kappa shape index (κ2) is 6.64. The minimum atomic E-state index is 0.583. The molecule has 2 nitrogen and oxygen atoms in total. The summed E-state index contributed by atoms with van der Waals surface area (Å²) in [6, 6.07) is 16.3. The Labute approximate surface area is 120 Å². The van der Waals surface area contributed by atoms with Gasteiger partial charge in [0.2, 0.25) is 0 Å². The van der Waals surface area contributed by atoms with E-state index in [2.05, 4.69) is 55.9 Å². The number of hydrogen-bond donors (Lipinski definition) is 1. The van der Waals surface area contributed by atoms with E-state index in [0.29, 0.717) is 6.61 Å². The average Bonchev–Trinajstić information content (AvgIpc) is 2.37. The summed E-state index contributed by atoms with van der Waals surface area (Å²) in [5.74, 6) is 0.852. The minimum Gasteiger partial charge on any atom is -0.489 e. The summed E-state index contributed by atoms with van der Waals surface area (Å²) in [5.41, 5.74) is 2.48. The van der Waals surface area contributed by atoms with Crippen LogP contribution in [0.3, 0.4) is 0 Å². The molecule has 0 aliphatic rings. The van der Waals surface area contributed by atoms with Gasteiger partial charge in [0.1, 0.15) is 12.4 Å². The largest absolute Gasteiger partial charge is 0.489 e. The van der Waals surface area contributed by atoms with Crippen molar-refractivity contribution < 1.29 is 4.74 Å². The maximum Gasteiger partial charge on any atom is 0.120 e. The Balaban J connectivity index is 1.93. The maximum absolute atomic E-state index is 5.73. The Kier molecular flexibility index (Phi) is 4.88. The molecule has 0 heterocycles. The lowest BCUT2D eigenvalue weighted by Crippen LogP contribution is -2.10. The Morgan fingerprint density at radius 1 is 1.00 bits per heavy atom. The van der Waals surface area contributed by atoms with Gasteiger partial charge in [0.05, 0.1) is 0 Å². The third-order valence-electron chi connectivity index (χ3n) is 2.74. The van der Waals surface area contributed by atoms with Crippen LogP contribution in [0.4, 0.5) is 0 Å². The molecular formula is C16H19NOS. The molecule has 0 aliphatic carbocycles. The highest BCUT2D eigenvalue weighted by Gasteiger charge is 1.98. The van der Waals surface area contributed by atoms with Gasteiger partial charge in [0.25, 0.3) is 0 Å². The second-order valence-electron chi connectivity index (χ2n) is 4.84. The van der Waals surface area contributed by atoms with Gasteiger partial charge < -0.3 is 9.64 Å². The van der Waals surface area contributed by atoms with Crippen molar-refractivity contribution in [2.45, 2.75) is 18.0 Å². The molecule has 0 saturated carbocycles. The van der Waals surface area contributed by atoms with E-state index in [4.69, 9.17) is 4.74 Å². The number of benzene rings is 2. The van der Waals surface area contributed by atoms with E-state index in [-0.39, 0.29) is 0 Å². The normalized spacial score (nSPS) is 10.7. The van der Waals surface area contributed by atoms with Crippen LogP contribution >= 0.6 is 12.6 Å². The van der Waals surface area contributed by atoms with E-state index in [1.165, 1.54) is 11.1 Å². The first kappa shape index (κ1) is 14.0. The van der Waals surface area contributed by atoms with Gasteiger partial charge in [0.15, 0.2) is 0 Å². The molecule has 0 aliphatic heterocycles. The lowest BCUT2D eigenvalue weighted by molar-refractivity contribution is 0.305. The summed E-state index contributed by atoms with van der Waals surface area (Å²) in [7, 11) is 4.14. The molecule has 0 radical (unpaired) electrons. The number of rotatable bonds is 5. The van der Waals surface area contributed by atoms with Gasteiger partial charge in [-0.25, -0.2) is 0 Å². The predicted molar refractivity (Wildman–Crippen MR) is 81.9 cm³/mol. The highest BCUT2D eigenvalue weighted by atomic mass is 32.1. The van der Waals surface area contributed by atoms with Crippen molar-refractivity contribution >= 4 is 12.6 Å². The number of ether oxygens (including phenoxy) is 1. The number of thiol groups is 1. The maximum atomic E-state index is 5.73. The first-order valence-electron chi connectivity index (χ1n) is 6.28. The third-order valence-corrected chi connectivity index (χ3v) is 3.02. The molecule has 0 aromatic heterocycles. The average molecular weight is 273 g/mol. The molecule has 2 rings (SSSR count). The van der Waals surface area contributed by atoms with Gasteiger partial charge in [-0.2, -0.15) is 0 Å². The molecule has 0 fully saturated rings. The van der Waals surface area contributed by atoms with E-state index in [1.807, 2.05) is 24.3 Å². The van der Waals surface area contributed by atoms with Gasteiger partial charge in [0, 0.05) is 11.4 Å². The summed E-state index contributed by atoms with van der Waals surface area (Å²) >= 11 is 4.29. The molecule has 3 heteroatoms. The molecule has 19 heavy (non-hydrogen) atoms. The van der Waals surface area contributed by atoms with Crippen LogP contribution in [-0.4, -0.2) is 19.0 Å². The lowest BCUT2D eigenvalue weighted by atomic mass is 10.1. The Morgan fingerprint density at radius 2 is 1.68 bits per heavy atom. The van der Waals surface area contributed by atoms with E-state index in [0.717, 1.165) is 17.2 Å². The summed E-state index contributed by atoms with van der Waals surface area (Å²) < 4.78 is 5.73. The molecule has 0 N–H and O–H groups in total. The van der Waals surface area contributed by atoms with Crippen LogP contribution in [0, 0.1) is 0 Å². The van der Waals surface area contributed by atoms with Gasteiger partial charge in [-0.15, -0.1) is 12.6 Å². The van der Waals surface area contributed by atoms with Crippen LogP contribution in [0.2, 0.25) is 0 Å². The van der Waals surface area contributed by atoms with E-state index in [1.54, 1.807) is 0 Å². The van der Waals surface area contributed by atoms with Crippen molar-refractivity contribution in [2.75, 3.05) is 14.1 Å². The molecule has 0 saturated heterocycles. The first-order valence-corrected chi connectivity index (χ1v) is 6.72. The van der Waals surface area contributed by atoms with E-state index >= 15 is 0 Å². The molecule has 2 aromatic rings. The van der Waals surface area contributed by atoms with Crippen LogP contribution in [0.1, 0.15) is 11.1 Å². The quantitative estimate of drug-likeness (QED) is 0.835. The SMILES string of the molecule is CN(C)Cc1ccc(COc2cccc(S)c2)cc1. The van der Waals surface area contributed by atoms with Crippen molar-refractivity contribution in [3.05, 3.63) is 59.7 Å². The summed E-state index contributed by atoms with van der Waals surface area (Å²) in [6.07, 6.45) is 0. The molecule has 0 unspecified atom stereocenters. The molecule has 0 amide bonds. The van der Waals surface area contributed by atoms with Crippen LogP contribution in [0.25, 0.3) is 0 Å². The third kappa shape index (κ3) is 4.62. The lowest BCUT2D eigenvalue weighted by Gasteiger charge is -2.10. The standard InChI is InChI=1S/C16H19NOS/c1-17(2)11-13-6-8-14(9-7-13)12-18-15-4-3-5-16(19)10-15/h3-10,19H,11-12H2,1-2H3. The van der Waals surface area contributed by atoms with Crippen molar-refractivity contribution in [2.24, 2.45) is 0 Å². The van der Waals surface area contributed by atoms with E-state index in [9.17, 15) is 0 Å². The van der Waals surface area contributed by atoms with Crippen LogP contribution in [0.15, 0.2) is 53.4 Å². The zero-order valence-corrected chi connectivity index (χ0v) is 12.2. The highest BCUT2D eigenvalue weighted by molar-refractivity contribution is 7.80. The molecule has 100 valence electrons. The topological polar surface area (TPSA) is 12.5 Å². The zero-order valence-electron chi connectivity index (χ0n) is 11.3. The number of nitrogens with zero attached hydrogens (tertiary/aromatic N) is 1. The van der Waals surface area contributed by atoms with E-state index < -0.39 is 0 Å². The molecule has 0 bridgehead atoms. The Hall–Kier alpha value is -1.45. The monoisotopic (exact) mass is 273 g/mol. The summed E-state index contributed by atoms with van der Waals surface area (Å²) in [6.45, 7) is 1.54. The molecule has 0 atom stereocenters. The first-order chi connectivity index (χ1) is 9.13. The fraction of sp³-hybridized carbons (Fsp3) is 0.250. The zero-order chi connectivity index (χ0) is 13.7. The minimum absolute atomic E-state index is 0.583. The molecule has 2 aromatic carbocycles. The Morgan fingerprint density at radius 3 is 2.32 bits per heavy atom. The summed E-state index contributed by atoms with van der Waals surface area (Å²) in [4.78, 5) is 3.07. The molecular weight excluding hydrogens is 254 g/mol. The number of hydrogen-bond acceptors (Lipinski definition) is 3. The fourth-order valence-electron chi connectivity index (χ4n) is 1.85. The smallest absolute Gasteiger partial charge is 0.120 e. The van der Waals surface area contributed by atoms with Gasteiger partial charge in [-0.05, 0) is 43.4 Å². The Bertz CT molecular complexity index is 523. The van der Waals surface area contributed by atoms with Crippen molar-refractivity contribution in [1.29, 1.82) is 0 Å². The van der Waals surface area contributed by atoms with Crippen LogP contribution < -0.4 is 4.74 Å². The highest BCUT2D eigenvalue weighted by Crippen LogP contribution is 2.17. The van der Waals surface area contributed by atoms with Gasteiger partial charge in [-0.3, -0.25) is 0 Å². The van der Waals surface area contributed by atoms with Crippen molar-refractivity contribution in [3.63, 3.8) is 0 Å². The van der Waals surface area contributed by atoms with Gasteiger partial charge in [-0.1, -0.05) is 30.3 Å². The molecule has 0 spiro atoms. The predicted octanol–water partition coefficient (Wildman–Crippen LogP) is 3.62. The van der Waals surface area contributed by atoms with Crippen LogP contribution in [0.5, 0.6) is 5.75 Å². The van der Waals surface area contributed by atoms with Crippen LogP contribution in [-0.2, 0) is 13.2 Å². The van der Waals surface area contributed by atoms with Gasteiger partial charge >= 0.3 is 0 Å². The summed E-state index contributed by atoms with van der Waals surface area (Å²) in [5, 5.41) is 0. The second-order valence-corrected chi connectivity index (χ2v) is 5.36. The van der Waals surface area contributed by atoms with Crippen molar-refractivity contribution in [3.8, 4) is 5.75 Å². The fourth-order valence-corrected chi connectivity index (χ4v) is 2.06. The van der Waals surface area contributed by atoms with Crippen molar-refractivity contribution in [1.82, 2.24) is 4.90 Å².